The van der Waals surface area contributed by atoms with Gasteiger partial charge in [-0.15, -0.1) is 24.0 Å². The van der Waals surface area contributed by atoms with Gasteiger partial charge in [0.15, 0.2) is 0 Å². The van der Waals surface area contributed by atoms with Gasteiger partial charge < -0.3 is 0 Å². The maximum Gasteiger partial charge on any atom is -0.107 e. The van der Waals surface area contributed by atoms with Gasteiger partial charge in [-0.25, -0.2) is 0 Å². The molecule has 0 atom stereocenters. The minimum Gasteiger partial charge on any atom is -0.107 e. The van der Waals surface area contributed by atoms with E-state index >= 15 is 0 Å². The Labute approximate surface area is 134 Å². The summed E-state index contributed by atoms with van der Waals surface area (Å²) in [6, 6.07) is 0. The molecule has 0 aromatic carbocycles. The van der Waals surface area contributed by atoms with E-state index in [4.69, 9.17) is 0 Å². The van der Waals surface area contributed by atoms with Crippen molar-refractivity contribution in [3.63, 3.8) is 0 Å². The molecule has 0 heterocycles. The van der Waals surface area contributed by atoms with Gasteiger partial charge in [0, 0.05) is 0 Å². The first-order valence-corrected chi connectivity index (χ1v) is 11.1. The van der Waals surface area contributed by atoms with Crippen molar-refractivity contribution in [2.75, 3.05) is 24.6 Å². The second-order valence-electron chi connectivity index (χ2n) is 5.91. The Bertz CT molecular complexity index is 122. The fraction of sp³-hybridized carbons (Fsp3) is 1.00. The molecule has 0 bridgehead atoms. The molecule has 0 N–H and O–H groups in total. The molecule has 0 aliphatic carbocycles. The van der Waals surface area contributed by atoms with E-state index in [1.54, 1.807) is 24.6 Å². The summed E-state index contributed by atoms with van der Waals surface area (Å²) in [7, 11) is -0.879. The summed E-state index contributed by atoms with van der Waals surface area (Å²) in [4.78, 5) is 0. The summed E-state index contributed by atoms with van der Waals surface area (Å²) in [5, 5.41) is 0. The van der Waals surface area contributed by atoms with Crippen molar-refractivity contribution in [1.82, 2.24) is 0 Å². The van der Waals surface area contributed by atoms with Crippen LogP contribution in [0.4, 0.5) is 0 Å². The number of rotatable bonds is 12. The van der Waals surface area contributed by atoms with Crippen LogP contribution in [0.1, 0.15) is 79.1 Å². The zero-order valence-electron chi connectivity index (χ0n) is 13.4. The average Bonchev–Trinajstić information content (AvgIpc) is 2.37. The van der Waals surface area contributed by atoms with E-state index in [1.807, 2.05) is 0 Å². The van der Waals surface area contributed by atoms with Crippen molar-refractivity contribution in [2.45, 2.75) is 79.1 Å². The van der Waals surface area contributed by atoms with Crippen molar-refractivity contribution in [3.8, 4) is 0 Å². The van der Waals surface area contributed by atoms with Gasteiger partial charge in [0.2, 0.25) is 0 Å². The predicted molar refractivity (Wildman–Crippen MR) is 103 cm³/mol. The van der Waals surface area contributed by atoms with Gasteiger partial charge in [-0.2, -0.15) is 0 Å². The summed E-state index contributed by atoms with van der Waals surface area (Å²) in [6.07, 6.45) is 18.1. The molecule has 2 heteroatoms. The fourth-order valence-electron chi connectivity index (χ4n) is 2.96. The standard InChI is InChI=1S/C16H37P.HI/c1-5-9-13-17(14-10-6-2,15-11-7-3)16-12-8-4;/h17H,5-16H2,1-4H3;1H. The molecule has 0 nitrogen and oxygen atoms in total. The molecule has 0 aliphatic rings. The van der Waals surface area contributed by atoms with E-state index in [2.05, 4.69) is 27.7 Å². The first-order valence-electron chi connectivity index (χ1n) is 8.24. The molecule has 0 aromatic heterocycles. The molecule has 0 rings (SSSR count). The second-order valence-corrected chi connectivity index (χ2v) is 10.9. The molecule has 114 valence electrons. The van der Waals surface area contributed by atoms with Crippen LogP contribution in [0.15, 0.2) is 0 Å². The summed E-state index contributed by atoms with van der Waals surface area (Å²) < 4.78 is 0. The van der Waals surface area contributed by atoms with Crippen molar-refractivity contribution < 1.29 is 0 Å². The third-order valence-corrected chi connectivity index (χ3v) is 9.90. The van der Waals surface area contributed by atoms with Crippen LogP contribution in [-0.4, -0.2) is 24.6 Å². The van der Waals surface area contributed by atoms with E-state index in [1.165, 1.54) is 51.4 Å². The molecule has 0 saturated carbocycles. The van der Waals surface area contributed by atoms with E-state index in [9.17, 15) is 0 Å². The predicted octanol–water partition coefficient (Wildman–Crippen LogP) is 6.55. The topological polar surface area (TPSA) is 0 Å². The summed E-state index contributed by atoms with van der Waals surface area (Å²) in [5.74, 6) is 0. The van der Waals surface area contributed by atoms with Gasteiger partial charge in [-0.05, 0) is 0 Å². The third kappa shape index (κ3) is 10.0. The van der Waals surface area contributed by atoms with Crippen molar-refractivity contribution in [2.24, 2.45) is 0 Å². The molecular formula is C16H38IP. The van der Waals surface area contributed by atoms with Gasteiger partial charge in [0.1, 0.15) is 0 Å². The summed E-state index contributed by atoms with van der Waals surface area (Å²) in [6.45, 7) is 9.44. The van der Waals surface area contributed by atoms with Crippen LogP contribution in [0.2, 0.25) is 0 Å². The average molecular weight is 388 g/mol. The molecule has 0 spiro atoms. The van der Waals surface area contributed by atoms with Crippen LogP contribution in [0.3, 0.4) is 0 Å². The molecule has 0 aromatic rings. The molecule has 0 aliphatic heterocycles. The number of halogens is 1. The minimum atomic E-state index is -0.879. The van der Waals surface area contributed by atoms with Gasteiger partial charge in [-0.3, -0.25) is 0 Å². The quantitative estimate of drug-likeness (QED) is 0.263. The van der Waals surface area contributed by atoms with Crippen molar-refractivity contribution in [1.29, 1.82) is 0 Å². The minimum absolute atomic E-state index is 0. The van der Waals surface area contributed by atoms with Crippen LogP contribution >= 0.6 is 31.2 Å². The molecule has 0 fully saturated rings. The van der Waals surface area contributed by atoms with Crippen LogP contribution in [-0.2, 0) is 0 Å². The molecular weight excluding hydrogens is 350 g/mol. The SMILES string of the molecule is CCCC[PH](CCCC)(CCCC)CCCC.I. The zero-order chi connectivity index (χ0) is 13.0. The summed E-state index contributed by atoms with van der Waals surface area (Å²) in [5.41, 5.74) is 0. The second kappa shape index (κ2) is 14.6. The van der Waals surface area contributed by atoms with E-state index in [0.717, 1.165) is 0 Å². The molecule has 0 unspecified atom stereocenters. The molecule has 0 amide bonds. The smallest absolute Gasteiger partial charge is 0.107 e. The maximum atomic E-state index is 2.36. The summed E-state index contributed by atoms with van der Waals surface area (Å²) >= 11 is 0. The van der Waals surface area contributed by atoms with Crippen LogP contribution in [0.5, 0.6) is 0 Å². The Morgan fingerprint density at radius 3 is 0.889 bits per heavy atom. The van der Waals surface area contributed by atoms with Gasteiger partial charge >= 0.3 is 111 Å². The van der Waals surface area contributed by atoms with Crippen molar-refractivity contribution in [3.05, 3.63) is 0 Å². The fourth-order valence-corrected chi connectivity index (χ4v) is 8.87. The first-order chi connectivity index (χ1) is 8.24. The molecule has 18 heavy (non-hydrogen) atoms. The van der Waals surface area contributed by atoms with Crippen LogP contribution in [0.25, 0.3) is 0 Å². The van der Waals surface area contributed by atoms with Crippen LogP contribution in [0, 0.1) is 0 Å². The Kier molecular flexibility index (Phi) is 17.4. The van der Waals surface area contributed by atoms with Gasteiger partial charge in [-0.1, -0.05) is 0 Å². The van der Waals surface area contributed by atoms with Gasteiger partial charge in [0.25, 0.3) is 0 Å². The third-order valence-electron chi connectivity index (χ3n) is 4.24. The maximum absolute atomic E-state index is 2.36. The first kappa shape index (κ1) is 21.5. The number of unbranched alkanes of at least 4 members (excludes halogenated alkanes) is 4. The Morgan fingerprint density at radius 1 is 0.500 bits per heavy atom. The largest absolute Gasteiger partial charge is 0.107 e. The van der Waals surface area contributed by atoms with E-state index in [0.29, 0.717) is 0 Å². The molecule has 0 saturated heterocycles. The Morgan fingerprint density at radius 2 is 0.722 bits per heavy atom. The number of hydrogen-bond donors (Lipinski definition) is 0. The van der Waals surface area contributed by atoms with Crippen molar-refractivity contribution >= 4 is 31.2 Å². The van der Waals surface area contributed by atoms with E-state index < -0.39 is 7.26 Å². The Balaban J connectivity index is 0. The normalized spacial score (nSPS) is 12.2. The monoisotopic (exact) mass is 388 g/mol. The van der Waals surface area contributed by atoms with Crippen LogP contribution < -0.4 is 0 Å². The Hall–Kier alpha value is 1.16. The molecule has 0 radical (unpaired) electrons. The number of hydrogen-bond acceptors (Lipinski definition) is 0. The van der Waals surface area contributed by atoms with Gasteiger partial charge in [0.05, 0.1) is 0 Å². The zero-order valence-corrected chi connectivity index (χ0v) is 16.7. The van der Waals surface area contributed by atoms with E-state index in [-0.39, 0.29) is 24.0 Å².